The number of hydrogen-bond acceptors (Lipinski definition) is 4. The van der Waals surface area contributed by atoms with Gasteiger partial charge in [-0.2, -0.15) is 5.10 Å². The van der Waals surface area contributed by atoms with E-state index in [1.54, 1.807) is 25.5 Å². The van der Waals surface area contributed by atoms with Gasteiger partial charge in [-0.1, -0.05) is 42.5 Å². The maximum Gasteiger partial charge on any atom is 0.277 e. The van der Waals surface area contributed by atoms with Gasteiger partial charge in [0.1, 0.15) is 11.5 Å². The summed E-state index contributed by atoms with van der Waals surface area (Å²) in [5.74, 6) is 0.829. The molecule has 0 heterocycles. The Kier molecular flexibility index (Phi) is 6.47. The predicted molar refractivity (Wildman–Crippen MR) is 114 cm³/mol. The Bertz CT molecular complexity index is 977. The van der Waals surface area contributed by atoms with Gasteiger partial charge in [0.15, 0.2) is 6.61 Å². The highest BCUT2D eigenvalue weighted by molar-refractivity contribution is 9.11. The molecule has 3 rings (SSSR count). The summed E-state index contributed by atoms with van der Waals surface area (Å²) in [5.41, 5.74) is 3.40. The highest BCUT2D eigenvalue weighted by Gasteiger charge is 2.11. The molecule has 0 unspecified atom stereocenters. The van der Waals surface area contributed by atoms with Crippen LogP contribution in [0.3, 0.4) is 0 Å². The second kappa shape index (κ2) is 9.01. The van der Waals surface area contributed by atoms with Crippen molar-refractivity contribution < 1.29 is 14.3 Å². The molecule has 3 aromatic rings. The fourth-order valence-electron chi connectivity index (χ4n) is 2.50. The number of halogens is 2. The summed E-state index contributed by atoms with van der Waals surface area (Å²) in [6.45, 7) is -0.170. The number of fused-ring (bicyclic) bond motifs is 1. The largest absolute Gasteiger partial charge is 0.497 e. The molecule has 0 fully saturated rings. The van der Waals surface area contributed by atoms with E-state index in [9.17, 15) is 4.79 Å². The quantitative estimate of drug-likeness (QED) is 0.394. The molecule has 0 aliphatic rings. The maximum atomic E-state index is 12.0. The van der Waals surface area contributed by atoms with Gasteiger partial charge in [0.25, 0.3) is 5.91 Å². The number of nitrogens with one attached hydrogen (secondary N) is 1. The van der Waals surface area contributed by atoms with Crippen molar-refractivity contribution in [3.8, 4) is 11.5 Å². The number of hydrazone groups is 1. The number of carbonyl (C=O) groups excluding carboxylic acids is 1. The van der Waals surface area contributed by atoms with E-state index < -0.39 is 0 Å². The van der Waals surface area contributed by atoms with E-state index in [1.807, 2.05) is 42.5 Å². The van der Waals surface area contributed by atoms with Gasteiger partial charge >= 0.3 is 0 Å². The van der Waals surface area contributed by atoms with Crippen molar-refractivity contribution >= 4 is 54.8 Å². The van der Waals surface area contributed by atoms with Crippen molar-refractivity contribution in [1.82, 2.24) is 5.43 Å². The van der Waals surface area contributed by atoms with E-state index in [-0.39, 0.29) is 12.5 Å². The third-order valence-electron chi connectivity index (χ3n) is 3.77. The number of ether oxygens (including phenoxy) is 2. The lowest BCUT2D eigenvalue weighted by atomic mass is 10.1. The minimum Gasteiger partial charge on any atom is -0.497 e. The van der Waals surface area contributed by atoms with Crippen LogP contribution in [0, 0.1) is 0 Å². The molecular weight excluding hydrogens is 476 g/mol. The molecule has 1 amide bonds. The molecule has 0 bridgehead atoms. The Labute approximate surface area is 173 Å². The number of carbonyl (C=O) groups is 1. The number of rotatable bonds is 6. The van der Waals surface area contributed by atoms with Crippen LogP contribution in [0.15, 0.2) is 68.6 Å². The fourth-order valence-corrected chi connectivity index (χ4v) is 3.87. The normalized spacial score (nSPS) is 10.9. The van der Waals surface area contributed by atoms with E-state index >= 15 is 0 Å². The number of hydrogen-bond donors (Lipinski definition) is 1. The van der Waals surface area contributed by atoms with Gasteiger partial charge in [0.05, 0.1) is 22.3 Å². The van der Waals surface area contributed by atoms with Crippen molar-refractivity contribution in [2.24, 2.45) is 5.10 Å². The summed E-state index contributed by atoms with van der Waals surface area (Å²) < 4.78 is 12.1. The smallest absolute Gasteiger partial charge is 0.277 e. The molecule has 0 aliphatic heterocycles. The molecule has 3 aromatic carbocycles. The predicted octanol–water partition coefficient (Wildman–Crippen LogP) is 4.90. The lowest BCUT2D eigenvalue weighted by Crippen LogP contribution is -2.24. The first-order valence-corrected chi connectivity index (χ1v) is 9.62. The third-order valence-corrected chi connectivity index (χ3v) is 4.95. The Morgan fingerprint density at radius 2 is 1.81 bits per heavy atom. The van der Waals surface area contributed by atoms with Crippen molar-refractivity contribution in [1.29, 1.82) is 0 Å². The molecular formula is C20H16Br2N2O3. The van der Waals surface area contributed by atoms with Crippen LogP contribution in [0.25, 0.3) is 10.8 Å². The van der Waals surface area contributed by atoms with Crippen LogP contribution in [0.1, 0.15) is 5.56 Å². The molecule has 0 saturated heterocycles. The highest BCUT2D eigenvalue weighted by atomic mass is 79.9. The van der Waals surface area contributed by atoms with Crippen LogP contribution in [0.2, 0.25) is 0 Å². The van der Waals surface area contributed by atoms with Crippen LogP contribution in [-0.2, 0) is 4.79 Å². The number of nitrogens with zero attached hydrogens (tertiary/aromatic N) is 1. The first-order chi connectivity index (χ1) is 13.1. The van der Waals surface area contributed by atoms with Crippen LogP contribution in [-0.4, -0.2) is 25.8 Å². The number of methoxy groups -OCH3 is 1. The Balaban J connectivity index is 1.61. The Morgan fingerprint density at radius 3 is 2.56 bits per heavy atom. The maximum absolute atomic E-state index is 12.0. The first kappa shape index (κ1) is 19.4. The number of amides is 1. The lowest BCUT2D eigenvalue weighted by Gasteiger charge is -2.11. The van der Waals surface area contributed by atoms with E-state index in [0.29, 0.717) is 20.4 Å². The molecule has 138 valence electrons. The average Bonchev–Trinajstić information content (AvgIpc) is 2.67. The standard InChI is InChI=1S/C20H16Br2N2O3/c1-26-15-9-17(21)20(18(22)10-15)27-12-19(25)24-23-11-14-7-4-6-13-5-2-3-8-16(13)14/h2-11H,12H2,1H3,(H,24,25)/b23-11-. The minimum atomic E-state index is -0.360. The van der Waals surface area contributed by atoms with Crippen LogP contribution < -0.4 is 14.9 Å². The van der Waals surface area contributed by atoms with E-state index in [0.717, 1.165) is 16.3 Å². The lowest BCUT2D eigenvalue weighted by molar-refractivity contribution is -0.123. The summed E-state index contributed by atoms with van der Waals surface area (Å²) in [7, 11) is 1.58. The molecule has 0 spiro atoms. The van der Waals surface area contributed by atoms with Crippen LogP contribution in [0.5, 0.6) is 11.5 Å². The van der Waals surface area contributed by atoms with Gasteiger partial charge in [-0.3, -0.25) is 4.79 Å². The minimum absolute atomic E-state index is 0.170. The van der Waals surface area contributed by atoms with Gasteiger partial charge in [-0.05, 0) is 54.8 Å². The molecule has 7 heteroatoms. The van der Waals surface area contributed by atoms with E-state index in [4.69, 9.17) is 9.47 Å². The van der Waals surface area contributed by atoms with Gasteiger partial charge in [-0.15, -0.1) is 0 Å². The summed E-state index contributed by atoms with van der Waals surface area (Å²) in [5, 5.41) is 6.21. The highest BCUT2D eigenvalue weighted by Crippen LogP contribution is 2.37. The summed E-state index contributed by atoms with van der Waals surface area (Å²) in [6.07, 6.45) is 1.62. The summed E-state index contributed by atoms with van der Waals surface area (Å²) in [6, 6.07) is 17.4. The topological polar surface area (TPSA) is 59.9 Å². The third kappa shape index (κ3) is 4.87. The monoisotopic (exact) mass is 490 g/mol. The zero-order chi connectivity index (χ0) is 19.2. The molecule has 5 nitrogen and oxygen atoms in total. The van der Waals surface area contributed by atoms with Gasteiger partial charge in [0.2, 0.25) is 0 Å². The second-order valence-corrected chi connectivity index (χ2v) is 7.28. The average molecular weight is 492 g/mol. The van der Waals surface area contributed by atoms with Crippen molar-refractivity contribution in [3.63, 3.8) is 0 Å². The zero-order valence-corrected chi connectivity index (χ0v) is 17.6. The second-order valence-electron chi connectivity index (χ2n) is 5.57. The van der Waals surface area contributed by atoms with Gasteiger partial charge in [-0.25, -0.2) is 5.43 Å². The van der Waals surface area contributed by atoms with Crippen molar-refractivity contribution in [2.45, 2.75) is 0 Å². The number of benzene rings is 3. The summed E-state index contributed by atoms with van der Waals surface area (Å²) in [4.78, 5) is 12.0. The zero-order valence-electron chi connectivity index (χ0n) is 14.4. The molecule has 27 heavy (non-hydrogen) atoms. The Morgan fingerprint density at radius 1 is 1.11 bits per heavy atom. The van der Waals surface area contributed by atoms with Crippen LogP contribution in [0.4, 0.5) is 0 Å². The fraction of sp³-hybridized carbons (Fsp3) is 0.100. The molecule has 1 N–H and O–H groups in total. The molecule has 0 radical (unpaired) electrons. The molecule has 0 atom stereocenters. The van der Waals surface area contributed by atoms with Crippen molar-refractivity contribution in [3.05, 3.63) is 69.1 Å². The van der Waals surface area contributed by atoms with E-state index in [1.165, 1.54) is 0 Å². The van der Waals surface area contributed by atoms with Gasteiger partial charge < -0.3 is 9.47 Å². The van der Waals surface area contributed by atoms with Gasteiger partial charge in [0, 0.05) is 5.56 Å². The SMILES string of the molecule is COc1cc(Br)c(OCC(=O)N/N=C\c2cccc3ccccc23)c(Br)c1. The van der Waals surface area contributed by atoms with Crippen LogP contribution >= 0.6 is 31.9 Å². The van der Waals surface area contributed by atoms with E-state index in [2.05, 4.69) is 42.4 Å². The molecule has 0 aliphatic carbocycles. The molecule has 0 saturated carbocycles. The first-order valence-electron chi connectivity index (χ1n) is 8.04. The Hall–Kier alpha value is -2.38. The summed E-state index contributed by atoms with van der Waals surface area (Å²) >= 11 is 6.80. The van der Waals surface area contributed by atoms with Crippen molar-refractivity contribution in [2.75, 3.05) is 13.7 Å². The molecule has 0 aromatic heterocycles.